The molecular weight excluding hydrogens is 657 g/mol. The van der Waals surface area contributed by atoms with E-state index in [1.165, 1.54) is 41.5 Å². The van der Waals surface area contributed by atoms with E-state index in [4.69, 9.17) is 28.9 Å². The molecule has 5 rings (SSSR count). The molecule has 3 aromatic carbocycles. The lowest BCUT2D eigenvalue weighted by molar-refractivity contribution is -0.123. The zero-order chi connectivity index (χ0) is 34.6. The molecule has 0 aromatic heterocycles. The van der Waals surface area contributed by atoms with Crippen molar-refractivity contribution in [3.8, 4) is 0 Å². The second-order valence-corrected chi connectivity index (χ2v) is 14.4. The molecule has 2 heterocycles. The quantitative estimate of drug-likeness (QED) is 0.156. The third-order valence-electron chi connectivity index (χ3n) is 9.92. The number of carbonyl (C=O) groups excluding carboxylic acids is 1. The van der Waals surface area contributed by atoms with Gasteiger partial charge >= 0.3 is 0 Å². The second kappa shape index (κ2) is 15.3. The molecule has 5 atom stereocenters. The summed E-state index contributed by atoms with van der Waals surface area (Å²) in [5, 5.41) is 25.3. The normalized spacial score (nSPS) is 23.9. The van der Waals surface area contributed by atoms with Crippen molar-refractivity contribution in [1.82, 2.24) is 15.5 Å². The lowest BCUT2D eigenvalue weighted by atomic mass is 9.66. The average molecular weight is 702 g/mol. The molecule has 0 unspecified atom stereocenters. The van der Waals surface area contributed by atoms with Gasteiger partial charge in [-0.05, 0) is 54.0 Å². The minimum atomic E-state index is -1.63. The van der Waals surface area contributed by atoms with Gasteiger partial charge in [-0.15, -0.1) is 0 Å². The number of aliphatic hydroxyl groups excluding tert-OH is 2. The molecule has 1 fully saturated rings. The monoisotopic (exact) mass is 700 g/mol. The fourth-order valence-electron chi connectivity index (χ4n) is 7.31. The van der Waals surface area contributed by atoms with Crippen LogP contribution in [0.25, 0.3) is 0 Å². The number of hydrogen-bond acceptors (Lipinski definition) is 6. The Morgan fingerprint density at radius 2 is 1.90 bits per heavy atom. The summed E-state index contributed by atoms with van der Waals surface area (Å²) in [5.41, 5.74) is 8.00. The van der Waals surface area contributed by atoms with Crippen molar-refractivity contribution in [3.63, 3.8) is 0 Å². The van der Waals surface area contributed by atoms with E-state index in [-0.39, 0.29) is 34.1 Å². The predicted molar refractivity (Wildman–Crippen MR) is 186 cm³/mol. The van der Waals surface area contributed by atoms with Crippen molar-refractivity contribution >= 4 is 29.1 Å². The Balaban J connectivity index is 1.52. The minimum Gasteiger partial charge on any atom is -0.394 e. The van der Waals surface area contributed by atoms with E-state index in [0.717, 1.165) is 26.1 Å². The Hall–Kier alpha value is -2.89. The van der Waals surface area contributed by atoms with Gasteiger partial charge < -0.3 is 26.6 Å². The highest BCUT2D eigenvalue weighted by Gasteiger charge is 2.59. The van der Waals surface area contributed by atoms with Crippen molar-refractivity contribution in [2.75, 3.05) is 26.2 Å². The van der Waals surface area contributed by atoms with Crippen LogP contribution < -0.4 is 16.4 Å². The van der Waals surface area contributed by atoms with Crippen LogP contribution >= 0.6 is 23.2 Å². The molecular formula is C37H44Cl2F2N4O3. The number of halogens is 4. The van der Waals surface area contributed by atoms with E-state index in [9.17, 15) is 15.0 Å². The van der Waals surface area contributed by atoms with Crippen molar-refractivity contribution < 1.29 is 23.8 Å². The summed E-state index contributed by atoms with van der Waals surface area (Å²) in [6.45, 7) is 6.31. The summed E-state index contributed by atoms with van der Waals surface area (Å²) in [5.74, 6) is -2.99. The number of carbonyl (C=O) groups is 1. The highest BCUT2D eigenvalue weighted by molar-refractivity contribution is 6.31. The lowest BCUT2D eigenvalue weighted by Gasteiger charge is -2.42. The number of amides is 1. The van der Waals surface area contributed by atoms with Gasteiger partial charge in [0.1, 0.15) is 11.6 Å². The van der Waals surface area contributed by atoms with Gasteiger partial charge in [-0.2, -0.15) is 0 Å². The van der Waals surface area contributed by atoms with Gasteiger partial charge in [0.25, 0.3) is 0 Å². The Bertz CT molecular complexity index is 1630. The van der Waals surface area contributed by atoms with Crippen LogP contribution in [0.2, 0.25) is 10.0 Å². The highest BCUT2D eigenvalue weighted by Crippen LogP contribution is 2.51. The summed E-state index contributed by atoms with van der Waals surface area (Å²) in [7, 11) is 0. The second-order valence-electron chi connectivity index (χ2n) is 13.6. The Labute approximate surface area is 291 Å². The van der Waals surface area contributed by atoms with E-state index in [1.807, 2.05) is 18.2 Å². The number of nitrogens with zero attached hydrogens (tertiary/aromatic N) is 1. The van der Waals surface area contributed by atoms with Gasteiger partial charge in [0.2, 0.25) is 5.91 Å². The zero-order valence-electron chi connectivity index (χ0n) is 27.2. The smallest absolute Gasteiger partial charge is 0.237 e. The summed E-state index contributed by atoms with van der Waals surface area (Å²) in [4.78, 5) is 16.3. The molecule has 0 spiro atoms. The molecule has 0 saturated carbocycles. The summed E-state index contributed by atoms with van der Waals surface area (Å²) >= 11 is 12.4. The van der Waals surface area contributed by atoms with Crippen LogP contribution in [-0.4, -0.2) is 65.4 Å². The molecule has 258 valence electrons. The SMILES string of the molecule is CC(C)(C[C@@H]1N[C@@H](C(=O)NCC[C@H](O)CO)[C@H](c2cccc(Cl)c2F)[C@@]1(N)c1ccc(Cl)cc1F)C1=CCN(Cc2ccccc2)CC1. The summed E-state index contributed by atoms with van der Waals surface area (Å²) < 4.78 is 31.9. The molecule has 0 aliphatic carbocycles. The molecule has 11 heteroatoms. The molecule has 0 bridgehead atoms. The number of aliphatic hydroxyl groups is 2. The van der Waals surface area contributed by atoms with E-state index in [0.29, 0.717) is 6.42 Å². The Morgan fingerprint density at radius 3 is 2.56 bits per heavy atom. The van der Waals surface area contributed by atoms with Crippen LogP contribution in [0.15, 0.2) is 78.4 Å². The Kier molecular flexibility index (Phi) is 11.6. The number of benzene rings is 3. The number of hydrogen-bond donors (Lipinski definition) is 5. The van der Waals surface area contributed by atoms with Crippen LogP contribution in [0, 0.1) is 17.0 Å². The molecule has 1 amide bonds. The first-order valence-corrected chi connectivity index (χ1v) is 17.1. The van der Waals surface area contributed by atoms with Crippen LogP contribution in [0.3, 0.4) is 0 Å². The molecule has 2 aliphatic heterocycles. The third-order valence-corrected chi connectivity index (χ3v) is 10.4. The van der Waals surface area contributed by atoms with Gasteiger partial charge in [-0.25, -0.2) is 8.78 Å². The van der Waals surface area contributed by atoms with Gasteiger partial charge in [0.15, 0.2) is 0 Å². The fraction of sp³-hybridized carbons (Fsp3) is 0.432. The minimum absolute atomic E-state index is 0.0545. The van der Waals surface area contributed by atoms with E-state index < -0.39 is 59.2 Å². The van der Waals surface area contributed by atoms with Crippen LogP contribution in [0.1, 0.15) is 55.7 Å². The van der Waals surface area contributed by atoms with Crippen molar-refractivity contribution in [1.29, 1.82) is 0 Å². The molecule has 3 aromatic rings. The van der Waals surface area contributed by atoms with Crippen LogP contribution in [-0.2, 0) is 16.9 Å². The molecule has 0 radical (unpaired) electrons. The molecule has 48 heavy (non-hydrogen) atoms. The van der Waals surface area contributed by atoms with E-state index in [1.54, 1.807) is 6.07 Å². The maximum Gasteiger partial charge on any atom is 0.237 e. The van der Waals surface area contributed by atoms with Gasteiger partial charge in [0.05, 0.1) is 29.3 Å². The summed E-state index contributed by atoms with van der Waals surface area (Å²) in [6, 6.07) is 17.3. The molecule has 2 aliphatic rings. The lowest BCUT2D eigenvalue weighted by Crippen LogP contribution is -2.53. The molecule has 6 N–H and O–H groups in total. The van der Waals surface area contributed by atoms with Gasteiger partial charge in [-0.3, -0.25) is 9.69 Å². The fourth-order valence-corrected chi connectivity index (χ4v) is 7.65. The first-order valence-electron chi connectivity index (χ1n) is 16.3. The topological polar surface area (TPSA) is 111 Å². The maximum atomic E-state index is 16.0. The Morgan fingerprint density at radius 1 is 1.15 bits per heavy atom. The summed E-state index contributed by atoms with van der Waals surface area (Å²) in [6.07, 6.45) is 2.56. The van der Waals surface area contributed by atoms with Gasteiger partial charge in [0, 0.05) is 48.7 Å². The van der Waals surface area contributed by atoms with Crippen LogP contribution in [0.5, 0.6) is 0 Å². The largest absolute Gasteiger partial charge is 0.394 e. The third kappa shape index (κ3) is 7.78. The van der Waals surface area contributed by atoms with E-state index >= 15 is 8.78 Å². The highest BCUT2D eigenvalue weighted by atomic mass is 35.5. The predicted octanol–water partition coefficient (Wildman–Crippen LogP) is 5.66. The van der Waals surface area contributed by atoms with E-state index in [2.05, 4.69) is 47.6 Å². The van der Waals surface area contributed by atoms with Crippen molar-refractivity contribution in [2.24, 2.45) is 11.1 Å². The number of nitrogens with two attached hydrogens (primary N) is 1. The molecule has 1 saturated heterocycles. The van der Waals surface area contributed by atoms with Crippen LogP contribution in [0.4, 0.5) is 8.78 Å². The van der Waals surface area contributed by atoms with Crippen molar-refractivity contribution in [2.45, 2.75) is 69.3 Å². The maximum absolute atomic E-state index is 16.0. The number of rotatable bonds is 12. The zero-order valence-corrected chi connectivity index (χ0v) is 28.7. The first kappa shape index (κ1) is 36.4. The molecule has 7 nitrogen and oxygen atoms in total. The number of nitrogens with one attached hydrogen (secondary N) is 2. The van der Waals surface area contributed by atoms with Crippen molar-refractivity contribution in [3.05, 3.63) is 117 Å². The average Bonchev–Trinajstić information content (AvgIpc) is 3.34. The standard InChI is InChI=1S/C37H44Cl2F2N4O3/c1-36(2,24-14-17-45(18-15-24)21-23-7-4-3-5-8-23)20-31-37(42,28-12-11-25(38)19-30(28)40)32(27-9-6-10-29(39)33(27)41)34(44-31)35(48)43-16-13-26(47)22-46/h3-12,14,19,26,31-32,34,44,46-47H,13,15-18,20-22,42H2,1-2H3,(H,43,48)/t26-,31-,32-,34+,37+/m0/s1. The van der Waals surface area contributed by atoms with Gasteiger partial charge in [-0.1, -0.05) is 97.2 Å². The first-order chi connectivity index (χ1) is 22.8.